The zero-order chi connectivity index (χ0) is 9.90. The Balaban J connectivity index is 2.71. The van der Waals surface area contributed by atoms with E-state index in [1.165, 1.54) is 14.2 Å². The molecule has 0 N–H and O–H groups in total. The molecule has 1 rings (SSSR count). The zero-order valence-corrected chi connectivity index (χ0v) is 8.07. The summed E-state index contributed by atoms with van der Waals surface area (Å²) in [5.41, 5.74) is -0.913. The molecule has 0 amide bonds. The Morgan fingerprint density at radius 2 is 2.31 bits per heavy atom. The lowest BCUT2D eigenvalue weighted by Gasteiger charge is -2.31. The number of rotatable bonds is 2. The third-order valence-electron chi connectivity index (χ3n) is 2.03. The van der Waals surface area contributed by atoms with Gasteiger partial charge in [-0.2, -0.15) is 0 Å². The van der Waals surface area contributed by atoms with Gasteiger partial charge < -0.3 is 14.2 Å². The van der Waals surface area contributed by atoms with Crippen LogP contribution in [0.5, 0.6) is 0 Å². The minimum Gasteiger partial charge on any atom is -0.467 e. The van der Waals surface area contributed by atoms with Crippen molar-refractivity contribution in [1.29, 1.82) is 0 Å². The van der Waals surface area contributed by atoms with Crippen LogP contribution in [-0.2, 0) is 19.0 Å². The summed E-state index contributed by atoms with van der Waals surface area (Å²) in [6, 6.07) is 0. The van der Waals surface area contributed by atoms with Crippen molar-refractivity contribution in [2.24, 2.45) is 0 Å². The first-order valence-electron chi connectivity index (χ1n) is 4.08. The third-order valence-corrected chi connectivity index (χ3v) is 2.03. The summed E-state index contributed by atoms with van der Waals surface area (Å²) in [6.45, 7) is 1.69. The molecule has 0 unspecified atom stereocenters. The molecule has 0 saturated heterocycles. The van der Waals surface area contributed by atoms with Gasteiger partial charge >= 0.3 is 5.97 Å². The van der Waals surface area contributed by atoms with Crippen molar-refractivity contribution < 1.29 is 19.0 Å². The molecule has 0 aromatic heterocycles. The van der Waals surface area contributed by atoms with E-state index in [2.05, 4.69) is 4.74 Å². The fourth-order valence-electron chi connectivity index (χ4n) is 1.22. The topological polar surface area (TPSA) is 44.8 Å². The minimum absolute atomic E-state index is 0.376. The van der Waals surface area contributed by atoms with Crippen molar-refractivity contribution in [3.05, 3.63) is 12.2 Å². The smallest absolute Gasteiger partial charge is 0.338 e. The zero-order valence-electron chi connectivity index (χ0n) is 8.07. The van der Waals surface area contributed by atoms with Crippen LogP contribution in [0.3, 0.4) is 0 Å². The van der Waals surface area contributed by atoms with Crippen LogP contribution < -0.4 is 0 Å². The molecule has 0 bridgehead atoms. The fraction of sp³-hybridized carbons (Fsp3) is 0.667. The molecule has 0 aromatic rings. The monoisotopic (exact) mass is 186 g/mol. The van der Waals surface area contributed by atoms with Crippen molar-refractivity contribution >= 4 is 5.97 Å². The molecule has 1 aliphatic rings. The molecular formula is C9H14O4. The molecule has 0 saturated carbocycles. The molecular weight excluding hydrogens is 172 g/mol. The highest BCUT2D eigenvalue weighted by atomic mass is 16.7. The summed E-state index contributed by atoms with van der Waals surface area (Å²) in [5, 5.41) is 0. The number of hydrogen-bond donors (Lipinski definition) is 0. The van der Waals surface area contributed by atoms with Crippen LogP contribution in [0.25, 0.3) is 0 Å². The predicted octanol–water partition coefficient (Wildman–Crippen LogP) is 0.867. The van der Waals surface area contributed by atoms with Gasteiger partial charge in [0.25, 0.3) is 0 Å². The molecule has 0 radical (unpaired) electrons. The van der Waals surface area contributed by atoms with Crippen LogP contribution in [0.1, 0.15) is 13.3 Å². The second-order valence-corrected chi connectivity index (χ2v) is 3.08. The standard InChI is InChI=1S/C9H14O4/c1-9(8(10)12-3)6-4-5-7(11-2)13-9/h4-5,7H,6H2,1-3H3/t7-,9-/m0/s1. The van der Waals surface area contributed by atoms with E-state index >= 15 is 0 Å². The van der Waals surface area contributed by atoms with E-state index in [1.807, 2.05) is 6.08 Å². The van der Waals surface area contributed by atoms with E-state index in [1.54, 1.807) is 13.0 Å². The van der Waals surface area contributed by atoms with E-state index in [9.17, 15) is 4.79 Å². The highest BCUT2D eigenvalue weighted by Crippen LogP contribution is 2.25. The van der Waals surface area contributed by atoms with Crippen molar-refractivity contribution in [2.75, 3.05) is 14.2 Å². The van der Waals surface area contributed by atoms with Gasteiger partial charge in [0.15, 0.2) is 11.9 Å². The maximum atomic E-state index is 11.3. The van der Waals surface area contributed by atoms with Crippen LogP contribution in [0.4, 0.5) is 0 Å². The number of ether oxygens (including phenoxy) is 3. The Morgan fingerprint density at radius 1 is 1.62 bits per heavy atom. The quantitative estimate of drug-likeness (QED) is 0.474. The van der Waals surface area contributed by atoms with Crippen LogP contribution in [0.15, 0.2) is 12.2 Å². The Morgan fingerprint density at radius 3 is 2.85 bits per heavy atom. The average molecular weight is 186 g/mol. The number of esters is 1. The molecule has 74 valence electrons. The Kier molecular flexibility index (Phi) is 3.06. The summed E-state index contributed by atoms with van der Waals surface area (Å²) >= 11 is 0. The van der Waals surface area contributed by atoms with E-state index in [-0.39, 0.29) is 5.97 Å². The van der Waals surface area contributed by atoms with Gasteiger partial charge in [-0.05, 0) is 13.0 Å². The molecule has 4 heteroatoms. The normalized spacial score (nSPS) is 33.0. The van der Waals surface area contributed by atoms with E-state index < -0.39 is 11.9 Å². The van der Waals surface area contributed by atoms with E-state index in [4.69, 9.17) is 9.47 Å². The first kappa shape index (κ1) is 10.2. The molecule has 1 heterocycles. The number of hydrogen-bond acceptors (Lipinski definition) is 4. The average Bonchev–Trinajstić information content (AvgIpc) is 2.16. The maximum Gasteiger partial charge on any atom is 0.338 e. The summed E-state index contributed by atoms with van der Waals surface area (Å²) in [5.74, 6) is -0.376. The van der Waals surface area contributed by atoms with Gasteiger partial charge in [0.05, 0.1) is 7.11 Å². The Labute approximate surface area is 77.5 Å². The predicted molar refractivity (Wildman–Crippen MR) is 46.1 cm³/mol. The first-order valence-corrected chi connectivity index (χ1v) is 4.08. The largest absolute Gasteiger partial charge is 0.467 e. The third kappa shape index (κ3) is 2.08. The van der Waals surface area contributed by atoms with Gasteiger partial charge in [-0.3, -0.25) is 0 Å². The molecule has 2 atom stereocenters. The molecule has 0 spiro atoms. The number of methoxy groups -OCH3 is 2. The summed E-state index contributed by atoms with van der Waals surface area (Å²) < 4.78 is 15.0. The summed E-state index contributed by atoms with van der Waals surface area (Å²) in [6.07, 6.45) is 3.68. The maximum absolute atomic E-state index is 11.3. The van der Waals surface area contributed by atoms with Gasteiger partial charge in [0.1, 0.15) is 0 Å². The first-order chi connectivity index (χ1) is 6.12. The van der Waals surface area contributed by atoms with Gasteiger partial charge in [0.2, 0.25) is 0 Å². The van der Waals surface area contributed by atoms with E-state index in [0.717, 1.165) is 0 Å². The van der Waals surface area contributed by atoms with Gasteiger partial charge in [0, 0.05) is 13.5 Å². The molecule has 4 nitrogen and oxygen atoms in total. The summed E-state index contributed by atoms with van der Waals surface area (Å²) in [4.78, 5) is 11.3. The number of carbonyl (C=O) groups excluding carboxylic acids is 1. The molecule has 0 fully saturated rings. The number of carbonyl (C=O) groups is 1. The van der Waals surface area contributed by atoms with Crippen molar-refractivity contribution in [3.8, 4) is 0 Å². The Hall–Kier alpha value is -0.870. The minimum atomic E-state index is -0.913. The van der Waals surface area contributed by atoms with Gasteiger partial charge in [-0.15, -0.1) is 0 Å². The highest BCUT2D eigenvalue weighted by molar-refractivity contribution is 5.79. The van der Waals surface area contributed by atoms with Crippen LogP contribution in [-0.4, -0.2) is 32.1 Å². The fourth-order valence-corrected chi connectivity index (χ4v) is 1.22. The lowest BCUT2D eigenvalue weighted by atomic mass is 10.00. The van der Waals surface area contributed by atoms with Gasteiger partial charge in [-0.25, -0.2) is 4.79 Å². The summed E-state index contributed by atoms with van der Waals surface area (Å²) in [7, 11) is 2.87. The molecule has 1 aliphatic heterocycles. The van der Waals surface area contributed by atoms with Crippen LogP contribution in [0, 0.1) is 0 Å². The second kappa shape index (κ2) is 3.89. The molecule has 0 aromatic carbocycles. The van der Waals surface area contributed by atoms with Crippen molar-refractivity contribution in [3.63, 3.8) is 0 Å². The highest BCUT2D eigenvalue weighted by Gasteiger charge is 2.38. The van der Waals surface area contributed by atoms with Crippen molar-refractivity contribution in [2.45, 2.75) is 25.2 Å². The lowest BCUT2D eigenvalue weighted by molar-refractivity contribution is -0.201. The van der Waals surface area contributed by atoms with E-state index in [0.29, 0.717) is 6.42 Å². The van der Waals surface area contributed by atoms with Crippen LogP contribution in [0.2, 0.25) is 0 Å². The molecule has 13 heavy (non-hydrogen) atoms. The second-order valence-electron chi connectivity index (χ2n) is 3.08. The Bertz CT molecular complexity index is 224. The van der Waals surface area contributed by atoms with Crippen molar-refractivity contribution in [1.82, 2.24) is 0 Å². The van der Waals surface area contributed by atoms with Crippen LogP contribution >= 0.6 is 0 Å². The van der Waals surface area contributed by atoms with Gasteiger partial charge in [-0.1, -0.05) is 6.08 Å². The molecule has 0 aliphatic carbocycles. The lowest BCUT2D eigenvalue weighted by Crippen LogP contribution is -2.44. The SMILES string of the molecule is COC(=O)[C@]1(C)CC=C[C@@H](OC)O1.